The molecule has 0 saturated carbocycles. The molecule has 0 aromatic heterocycles. The van der Waals surface area contributed by atoms with Crippen LogP contribution in [0, 0.1) is 0 Å². The van der Waals surface area contributed by atoms with E-state index in [0.29, 0.717) is 33.5 Å². The standard InChI is InChI=1S/C22H19Cl2N3O2/c23-17-10-18(24)12-19(11-17)26-21(28)14-27(20-7-2-1-3-8-20)22(29)16-6-4-5-15(9-16)13-25/h1-12H,13-14,25H2,(H,26,28). The molecule has 0 aliphatic heterocycles. The van der Waals surface area contributed by atoms with Crippen LogP contribution in [0.2, 0.25) is 10.0 Å². The van der Waals surface area contributed by atoms with Crippen LogP contribution in [0.25, 0.3) is 0 Å². The zero-order valence-corrected chi connectivity index (χ0v) is 17.0. The first-order valence-electron chi connectivity index (χ1n) is 8.88. The third-order valence-electron chi connectivity index (χ3n) is 4.17. The fraction of sp³-hybridized carbons (Fsp3) is 0.0909. The van der Waals surface area contributed by atoms with Crippen LogP contribution >= 0.6 is 23.2 Å². The largest absolute Gasteiger partial charge is 0.326 e. The smallest absolute Gasteiger partial charge is 0.258 e. The van der Waals surface area contributed by atoms with Gasteiger partial charge in [-0.1, -0.05) is 53.5 Å². The number of rotatable bonds is 6. The molecule has 3 aromatic rings. The summed E-state index contributed by atoms with van der Waals surface area (Å²) >= 11 is 12.0. The van der Waals surface area contributed by atoms with Crippen molar-refractivity contribution >= 4 is 46.4 Å². The van der Waals surface area contributed by atoms with Crippen molar-refractivity contribution in [2.45, 2.75) is 6.54 Å². The highest BCUT2D eigenvalue weighted by molar-refractivity contribution is 6.35. The number of benzene rings is 3. The van der Waals surface area contributed by atoms with Gasteiger partial charge in [0.1, 0.15) is 6.54 Å². The second kappa shape index (κ2) is 9.56. The number of nitrogens with zero attached hydrogens (tertiary/aromatic N) is 1. The topological polar surface area (TPSA) is 75.4 Å². The monoisotopic (exact) mass is 427 g/mol. The SMILES string of the molecule is NCc1cccc(C(=O)N(CC(=O)Nc2cc(Cl)cc(Cl)c2)c2ccccc2)c1. The first-order chi connectivity index (χ1) is 14.0. The Morgan fingerprint density at radius 1 is 0.897 bits per heavy atom. The summed E-state index contributed by atoms with van der Waals surface area (Å²) < 4.78 is 0. The molecule has 5 nitrogen and oxygen atoms in total. The van der Waals surface area contributed by atoms with Crippen LogP contribution < -0.4 is 16.0 Å². The van der Waals surface area contributed by atoms with Crippen molar-refractivity contribution in [2.24, 2.45) is 5.73 Å². The van der Waals surface area contributed by atoms with Crippen LogP contribution in [0.1, 0.15) is 15.9 Å². The summed E-state index contributed by atoms with van der Waals surface area (Å²) in [6, 6.07) is 20.8. The third-order valence-corrected chi connectivity index (χ3v) is 4.61. The lowest BCUT2D eigenvalue weighted by Gasteiger charge is -2.23. The Morgan fingerprint density at radius 2 is 1.59 bits per heavy atom. The minimum absolute atomic E-state index is 0.181. The molecule has 0 heterocycles. The van der Waals surface area contributed by atoms with Crippen molar-refractivity contribution in [3.05, 3.63) is 94.0 Å². The highest BCUT2D eigenvalue weighted by atomic mass is 35.5. The molecule has 3 N–H and O–H groups in total. The van der Waals surface area contributed by atoms with E-state index >= 15 is 0 Å². The maximum absolute atomic E-state index is 13.2. The molecule has 0 saturated heterocycles. The van der Waals surface area contributed by atoms with E-state index in [1.807, 2.05) is 12.1 Å². The summed E-state index contributed by atoms with van der Waals surface area (Å²) in [4.78, 5) is 27.3. The highest BCUT2D eigenvalue weighted by Crippen LogP contribution is 2.23. The summed E-state index contributed by atoms with van der Waals surface area (Å²) in [6.45, 7) is 0.141. The summed E-state index contributed by atoms with van der Waals surface area (Å²) in [5, 5.41) is 3.54. The lowest BCUT2D eigenvalue weighted by atomic mass is 10.1. The summed E-state index contributed by atoms with van der Waals surface area (Å²) in [5.41, 5.74) is 8.04. The average Bonchev–Trinajstić information content (AvgIpc) is 2.71. The molecule has 0 fully saturated rings. The quantitative estimate of drug-likeness (QED) is 0.596. The van der Waals surface area contributed by atoms with E-state index in [2.05, 4.69) is 5.32 Å². The molecule has 0 radical (unpaired) electrons. The number of carbonyl (C=O) groups excluding carboxylic acids is 2. The number of para-hydroxylation sites is 1. The van der Waals surface area contributed by atoms with Gasteiger partial charge in [0.15, 0.2) is 0 Å². The van der Waals surface area contributed by atoms with E-state index in [0.717, 1.165) is 5.56 Å². The number of nitrogens with one attached hydrogen (secondary N) is 1. The fourth-order valence-electron chi connectivity index (χ4n) is 2.85. The zero-order valence-electron chi connectivity index (χ0n) is 15.4. The molecule has 2 amide bonds. The van der Waals surface area contributed by atoms with E-state index in [1.165, 1.54) is 4.90 Å². The van der Waals surface area contributed by atoms with Crippen molar-refractivity contribution in [1.29, 1.82) is 0 Å². The van der Waals surface area contributed by atoms with Gasteiger partial charge in [0, 0.05) is 33.5 Å². The van der Waals surface area contributed by atoms with E-state index in [-0.39, 0.29) is 18.4 Å². The number of anilines is 2. The van der Waals surface area contributed by atoms with Gasteiger partial charge in [-0.25, -0.2) is 0 Å². The maximum atomic E-state index is 13.2. The Balaban J connectivity index is 1.85. The van der Waals surface area contributed by atoms with Crippen molar-refractivity contribution < 1.29 is 9.59 Å². The van der Waals surface area contributed by atoms with E-state index in [9.17, 15) is 9.59 Å². The van der Waals surface area contributed by atoms with E-state index in [4.69, 9.17) is 28.9 Å². The predicted octanol–water partition coefficient (Wildman–Crippen LogP) is 4.74. The Kier molecular flexibility index (Phi) is 6.88. The van der Waals surface area contributed by atoms with Gasteiger partial charge in [0.2, 0.25) is 5.91 Å². The number of nitrogens with two attached hydrogens (primary N) is 1. The average molecular weight is 428 g/mol. The van der Waals surface area contributed by atoms with Crippen LogP contribution in [0.4, 0.5) is 11.4 Å². The zero-order chi connectivity index (χ0) is 20.8. The van der Waals surface area contributed by atoms with Crippen molar-refractivity contribution in [3.63, 3.8) is 0 Å². The molecule has 148 valence electrons. The van der Waals surface area contributed by atoms with Crippen molar-refractivity contribution in [1.82, 2.24) is 0 Å². The normalized spacial score (nSPS) is 10.4. The third kappa shape index (κ3) is 5.57. The molecule has 3 aromatic carbocycles. The number of amides is 2. The highest BCUT2D eigenvalue weighted by Gasteiger charge is 2.21. The molecular weight excluding hydrogens is 409 g/mol. The summed E-state index contributed by atoms with van der Waals surface area (Å²) in [7, 11) is 0. The van der Waals surface area contributed by atoms with Crippen LogP contribution in [-0.4, -0.2) is 18.4 Å². The lowest BCUT2D eigenvalue weighted by molar-refractivity contribution is -0.114. The van der Waals surface area contributed by atoms with Gasteiger partial charge in [-0.3, -0.25) is 14.5 Å². The first kappa shape index (κ1) is 20.9. The molecule has 29 heavy (non-hydrogen) atoms. The molecular formula is C22H19Cl2N3O2. The number of carbonyl (C=O) groups is 2. The minimum Gasteiger partial charge on any atom is -0.326 e. The Bertz CT molecular complexity index is 1010. The predicted molar refractivity (Wildman–Crippen MR) is 118 cm³/mol. The first-order valence-corrected chi connectivity index (χ1v) is 9.64. The number of hydrogen-bond donors (Lipinski definition) is 2. The number of halogens is 2. The van der Waals surface area contributed by atoms with Gasteiger partial charge in [-0.15, -0.1) is 0 Å². The minimum atomic E-state index is -0.379. The molecule has 0 spiro atoms. The van der Waals surface area contributed by atoms with Crippen molar-refractivity contribution in [3.8, 4) is 0 Å². The lowest BCUT2D eigenvalue weighted by Crippen LogP contribution is -2.38. The molecule has 0 atom stereocenters. The second-order valence-electron chi connectivity index (χ2n) is 6.34. The van der Waals surface area contributed by atoms with Gasteiger partial charge in [0.05, 0.1) is 0 Å². The van der Waals surface area contributed by atoms with E-state index < -0.39 is 0 Å². The summed E-state index contributed by atoms with van der Waals surface area (Å²) in [5.74, 6) is -0.679. The van der Waals surface area contributed by atoms with Crippen LogP contribution in [0.3, 0.4) is 0 Å². The van der Waals surface area contributed by atoms with Crippen LogP contribution in [0.5, 0.6) is 0 Å². The van der Waals surface area contributed by atoms with Crippen LogP contribution in [0.15, 0.2) is 72.8 Å². The molecule has 7 heteroatoms. The second-order valence-corrected chi connectivity index (χ2v) is 7.21. The Morgan fingerprint density at radius 3 is 2.24 bits per heavy atom. The van der Waals surface area contributed by atoms with Gasteiger partial charge >= 0.3 is 0 Å². The Labute approximate surface area is 179 Å². The van der Waals surface area contributed by atoms with Gasteiger partial charge in [-0.05, 0) is 48.0 Å². The molecule has 0 bridgehead atoms. The van der Waals surface area contributed by atoms with Gasteiger partial charge in [0.25, 0.3) is 5.91 Å². The number of hydrogen-bond acceptors (Lipinski definition) is 3. The fourth-order valence-corrected chi connectivity index (χ4v) is 3.37. The summed E-state index contributed by atoms with van der Waals surface area (Å²) in [6.07, 6.45) is 0. The molecule has 0 aliphatic rings. The van der Waals surface area contributed by atoms with E-state index in [1.54, 1.807) is 60.7 Å². The van der Waals surface area contributed by atoms with Gasteiger partial charge in [-0.2, -0.15) is 0 Å². The maximum Gasteiger partial charge on any atom is 0.258 e. The molecule has 3 rings (SSSR count). The van der Waals surface area contributed by atoms with Gasteiger partial charge < -0.3 is 11.1 Å². The Hall–Kier alpha value is -2.86. The molecule has 0 unspecified atom stereocenters. The van der Waals surface area contributed by atoms with Crippen LogP contribution in [-0.2, 0) is 11.3 Å². The molecule has 0 aliphatic carbocycles. The van der Waals surface area contributed by atoms with Crippen molar-refractivity contribution in [2.75, 3.05) is 16.8 Å².